The number of carbonyl (C=O) groups excluding carboxylic acids is 2. The van der Waals surface area contributed by atoms with Crippen molar-refractivity contribution in [3.05, 3.63) is 21.0 Å². The molecule has 2 heterocycles. The minimum atomic E-state index is -0.579. The number of methoxy groups -OCH3 is 1. The first kappa shape index (κ1) is 10.5. The normalized spacial score (nSPS) is 19.3. The van der Waals surface area contributed by atoms with Gasteiger partial charge in [0.05, 0.1) is 12.7 Å². The SMILES string of the molecule is COC(=O)C1Cc2[nH]cc(I)c2C(=O)N1. The summed E-state index contributed by atoms with van der Waals surface area (Å²) in [5.74, 6) is -0.643. The zero-order chi connectivity index (χ0) is 11.0. The predicted molar refractivity (Wildman–Crippen MR) is 60.5 cm³/mol. The minimum absolute atomic E-state index is 0.225. The van der Waals surface area contributed by atoms with Crippen LogP contribution in [-0.2, 0) is 16.0 Å². The van der Waals surface area contributed by atoms with E-state index in [0.29, 0.717) is 12.0 Å². The molecule has 80 valence electrons. The average molecular weight is 320 g/mol. The van der Waals surface area contributed by atoms with Crippen LogP contribution in [0.2, 0.25) is 0 Å². The maximum absolute atomic E-state index is 11.7. The molecule has 0 radical (unpaired) electrons. The number of aromatic amines is 1. The van der Waals surface area contributed by atoms with Crippen LogP contribution in [0.1, 0.15) is 16.1 Å². The summed E-state index contributed by atoms with van der Waals surface area (Å²) in [5, 5.41) is 2.61. The number of H-pyrrole nitrogens is 1. The number of halogens is 1. The van der Waals surface area contributed by atoms with E-state index in [1.165, 1.54) is 7.11 Å². The van der Waals surface area contributed by atoms with E-state index >= 15 is 0 Å². The first-order valence-electron chi connectivity index (χ1n) is 4.38. The summed E-state index contributed by atoms with van der Waals surface area (Å²) in [6, 6.07) is -0.579. The van der Waals surface area contributed by atoms with Crippen LogP contribution < -0.4 is 5.32 Å². The molecule has 1 aliphatic rings. The topological polar surface area (TPSA) is 71.2 Å². The van der Waals surface area contributed by atoms with Gasteiger partial charge >= 0.3 is 5.97 Å². The Hall–Kier alpha value is -1.05. The summed E-state index contributed by atoms with van der Waals surface area (Å²) >= 11 is 2.08. The van der Waals surface area contributed by atoms with E-state index in [4.69, 9.17) is 0 Å². The molecule has 5 nitrogen and oxygen atoms in total. The van der Waals surface area contributed by atoms with Gasteiger partial charge in [0, 0.05) is 21.9 Å². The minimum Gasteiger partial charge on any atom is -0.467 e. The first-order valence-corrected chi connectivity index (χ1v) is 5.45. The number of ether oxygens (including phenoxy) is 1. The number of amides is 1. The van der Waals surface area contributed by atoms with E-state index in [1.807, 2.05) is 0 Å². The number of aromatic nitrogens is 1. The largest absolute Gasteiger partial charge is 0.467 e. The molecule has 1 unspecified atom stereocenters. The van der Waals surface area contributed by atoms with Gasteiger partial charge in [-0.3, -0.25) is 4.79 Å². The van der Waals surface area contributed by atoms with Crippen LogP contribution in [0.5, 0.6) is 0 Å². The second kappa shape index (κ2) is 3.84. The van der Waals surface area contributed by atoms with E-state index in [0.717, 1.165) is 9.26 Å². The fourth-order valence-electron chi connectivity index (χ4n) is 1.62. The number of carbonyl (C=O) groups is 2. The average Bonchev–Trinajstić information content (AvgIpc) is 2.59. The standard InChI is InChI=1S/C9H9IN2O3/c1-15-9(14)6-2-5-7(8(13)12-6)4(10)3-11-5/h3,6,11H,2H2,1H3,(H,12,13). The van der Waals surface area contributed by atoms with Crippen molar-refractivity contribution >= 4 is 34.5 Å². The number of hydrogen-bond acceptors (Lipinski definition) is 3. The van der Waals surface area contributed by atoms with Crippen molar-refractivity contribution in [2.24, 2.45) is 0 Å². The van der Waals surface area contributed by atoms with Crippen molar-refractivity contribution in [1.82, 2.24) is 10.3 Å². The molecule has 1 amide bonds. The van der Waals surface area contributed by atoms with Crippen LogP contribution in [0.25, 0.3) is 0 Å². The number of fused-ring (bicyclic) bond motifs is 1. The van der Waals surface area contributed by atoms with Crippen molar-refractivity contribution < 1.29 is 14.3 Å². The molecule has 1 aromatic rings. The lowest BCUT2D eigenvalue weighted by Gasteiger charge is -2.21. The Morgan fingerprint density at radius 1 is 1.67 bits per heavy atom. The van der Waals surface area contributed by atoms with Crippen molar-refractivity contribution in [1.29, 1.82) is 0 Å². The molecule has 0 bridgehead atoms. The highest BCUT2D eigenvalue weighted by Crippen LogP contribution is 2.21. The summed E-state index contributed by atoms with van der Waals surface area (Å²) in [5.41, 5.74) is 1.43. The van der Waals surface area contributed by atoms with Gasteiger partial charge in [-0.05, 0) is 22.6 Å². The third kappa shape index (κ3) is 1.73. The molecule has 1 aliphatic heterocycles. The van der Waals surface area contributed by atoms with Gasteiger partial charge in [0.1, 0.15) is 6.04 Å². The van der Waals surface area contributed by atoms with E-state index in [-0.39, 0.29) is 5.91 Å². The summed E-state index contributed by atoms with van der Waals surface area (Å²) in [4.78, 5) is 25.9. The number of esters is 1. The zero-order valence-electron chi connectivity index (χ0n) is 7.96. The molecule has 0 aromatic carbocycles. The lowest BCUT2D eigenvalue weighted by molar-refractivity contribution is -0.142. The van der Waals surface area contributed by atoms with Crippen molar-refractivity contribution in [3.63, 3.8) is 0 Å². The van der Waals surface area contributed by atoms with Gasteiger partial charge in [-0.15, -0.1) is 0 Å². The van der Waals surface area contributed by atoms with Gasteiger partial charge in [0.2, 0.25) is 0 Å². The Morgan fingerprint density at radius 2 is 2.40 bits per heavy atom. The lowest BCUT2D eigenvalue weighted by Crippen LogP contribution is -2.46. The van der Waals surface area contributed by atoms with Crippen LogP contribution in [0.3, 0.4) is 0 Å². The third-order valence-corrected chi connectivity index (χ3v) is 3.19. The van der Waals surface area contributed by atoms with Gasteiger partial charge < -0.3 is 15.0 Å². The Labute approximate surface area is 99.7 Å². The van der Waals surface area contributed by atoms with Crippen LogP contribution in [0, 0.1) is 3.57 Å². The number of nitrogens with one attached hydrogen (secondary N) is 2. The molecule has 2 N–H and O–H groups in total. The summed E-state index contributed by atoms with van der Waals surface area (Å²) < 4.78 is 5.45. The van der Waals surface area contributed by atoms with Crippen molar-refractivity contribution in [2.75, 3.05) is 7.11 Å². The molecule has 0 spiro atoms. The Bertz CT molecular complexity index is 427. The second-order valence-electron chi connectivity index (χ2n) is 3.24. The van der Waals surface area contributed by atoms with Crippen molar-refractivity contribution in [3.8, 4) is 0 Å². The highest BCUT2D eigenvalue weighted by molar-refractivity contribution is 14.1. The van der Waals surface area contributed by atoms with Crippen LogP contribution in [0.4, 0.5) is 0 Å². The molecule has 0 fully saturated rings. The summed E-state index contributed by atoms with van der Waals surface area (Å²) in [6.45, 7) is 0. The lowest BCUT2D eigenvalue weighted by atomic mass is 10.0. The van der Waals surface area contributed by atoms with E-state index < -0.39 is 12.0 Å². The maximum Gasteiger partial charge on any atom is 0.328 e. The summed E-state index contributed by atoms with van der Waals surface area (Å²) in [6.07, 6.45) is 2.21. The molecule has 0 saturated heterocycles. The van der Waals surface area contributed by atoms with Crippen molar-refractivity contribution in [2.45, 2.75) is 12.5 Å². The van der Waals surface area contributed by atoms with E-state index in [2.05, 4.69) is 37.6 Å². The molecule has 1 aromatic heterocycles. The van der Waals surface area contributed by atoms with Gasteiger partial charge in [0.25, 0.3) is 5.91 Å². The highest BCUT2D eigenvalue weighted by atomic mass is 127. The monoisotopic (exact) mass is 320 g/mol. The Balaban J connectivity index is 2.31. The quantitative estimate of drug-likeness (QED) is 0.583. The summed E-state index contributed by atoms with van der Waals surface area (Å²) in [7, 11) is 1.31. The van der Waals surface area contributed by atoms with Crippen LogP contribution in [-0.4, -0.2) is 30.0 Å². The van der Waals surface area contributed by atoms with E-state index in [1.54, 1.807) is 6.20 Å². The molecule has 0 saturated carbocycles. The van der Waals surface area contributed by atoms with Crippen LogP contribution >= 0.6 is 22.6 Å². The van der Waals surface area contributed by atoms with Gasteiger partial charge in [-0.25, -0.2) is 4.79 Å². The molecule has 2 rings (SSSR count). The Kier molecular flexibility index (Phi) is 2.68. The second-order valence-corrected chi connectivity index (χ2v) is 4.41. The van der Waals surface area contributed by atoms with Gasteiger partial charge in [-0.1, -0.05) is 0 Å². The molecule has 15 heavy (non-hydrogen) atoms. The zero-order valence-corrected chi connectivity index (χ0v) is 10.1. The Morgan fingerprint density at radius 3 is 3.07 bits per heavy atom. The molecule has 6 heteroatoms. The highest BCUT2D eigenvalue weighted by Gasteiger charge is 2.31. The maximum atomic E-state index is 11.7. The smallest absolute Gasteiger partial charge is 0.328 e. The molecule has 1 atom stereocenters. The molecular weight excluding hydrogens is 311 g/mol. The number of rotatable bonds is 1. The third-order valence-electron chi connectivity index (χ3n) is 2.34. The van der Waals surface area contributed by atoms with Gasteiger partial charge in [0.15, 0.2) is 0 Å². The fourth-order valence-corrected chi connectivity index (χ4v) is 2.34. The van der Waals surface area contributed by atoms with E-state index in [9.17, 15) is 9.59 Å². The molecular formula is C9H9IN2O3. The predicted octanol–water partition coefficient (Wildman–Crippen LogP) is 0.447. The van der Waals surface area contributed by atoms with Gasteiger partial charge in [-0.2, -0.15) is 0 Å². The van der Waals surface area contributed by atoms with Crippen LogP contribution in [0.15, 0.2) is 6.20 Å². The first-order chi connectivity index (χ1) is 7.13. The molecule has 0 aliphatic carbocycles. The number of hydrogen-bond donors (Lipinski definition) is 2. The fraction of sp³-hybridized carbons (Fsp3) is 0.333.